The van der Waals surface area contributed by atoms with Crippen molar-refractivity contribution < 1.29 is 4.74 Å². The monoisotopic (exact) mass is 258 g/mol. The molecule has 1 rings (SSSR count). The van der Waals surface area contributed by atoms with Gasteiger partial charge >= 0.3 is 0 Å². The third-order valence-electron chi connectivity index (χ3n) is 2.99. The summed E-state index contributed by atoms with van der Waals surface area (Å²) in [6.07, 6.45) is 9.55. The predicted molar refractivity (Wildman–Crippen MR) is 77.8 cm³/mol. The lowest BCUT2D eigenvalue weighted by Crippen LogP contribution is -1.97. The first-order chi connectivity index (χ1) is 9.36. The standard InChI is InChI=1S/C16H22N2O/c17-12-6-4-2-1-3-5-7-13-19-16-10-8-15(14-18)9-11-16/h8-12,17H,1-7,13H2. The molecule has 0 bridgehead atoms. The molecule has 0 spiro atoms. The molecule has 0 saturated carbocycles. The summed E-state index contributed by atoms with van der Waals surface area (Å²) in [5, 5.41) is 15.6. The van der Waals surface area contributed by atoms with Crippen LogP contribution < -0.4 is 4.74 Å². The third kappa shape index (κ3) is 7.25. The van der Waals surface area contributed by atoms with Crippen molar-refractivity contribution in [3.8, 4) is 11.8 Å². The highest BCUT2D eigenvalue weighted by atomic mass is 16.5. The molecule has 0 radical (unpaired) electrons. The molecule has 1 aromatic rings. The van der Waals surface area contributed by atoms with E-state index in [2.05, 4.69) is 6.07 Å². The number of hydrogen-bond donors (Lipinski definition) is 1. The van der Waals surface area contributed by atoms with Gasteiger partial charge in [-0.05, 0) is 49.7 Å². The van der Waals surface area contributed by atoms with Crippen LogP contribution in [0.5, 0.6) is 5.75 Å². The van der Waals surface area contributed by atoms with Gasteiger partial charge in [0, 0.05) is 0 Å². The van der Waals surface area contributed by atoms with Gasteiger partial charge in [-0.15, -0.1) is 0 Å². The zero-order valence-corrected chi connectivity index (χ0v) is 11.4. The molecule has 102 valence electrons. The minimum absolute atomic E-state index is 0.664. The predicted octanol–water partition coefficient (Wildman–Crippen LogP) is 4.32. The number of benzene rings is 1. The SMILES string of the molecule is N#Cc1ccc(OCCCCCCCCC=N)cc1. The first-order valence-corrected chi connectivity index (χ1v) is 6.98. The van der Waals surface area contributed by atoms with Crippen LogP contribution in [-0.4, -0.2) is 12.8 Å². The molecule has 0 heterocycles. The Morgan fingerprint density at radius 1 is 1.00 bits per heavy atom. The summed E-state index contributed by atoms with van der Waals surface area (Å²) in [6.45, 7) is 0.742. The van der Waals surface area contributed by atoms with Crippen molar-refractivity contribution in [3.05, 3.63) is 29.8 Å². The smallest absolute Gasteiger partial charge is 0.119 e. The Kier molecular flexibility index (Phi) is 8.13. The van der Waals surface area contributed by atoms with E-state index in [1.54, 1.807) is 12.1 Å². The molecule has 0 unspecified atom stereocenters. The van der Waals surface area contributed by atoms with E-state index in [1.165, 1.54) is 31.9 Å². The Morgan fingerprint density at radius 2 is 1.63 bits per heavy atom. The Hall–Kier alpha value is -1.82. The second-order valence-corrected chi connectivity index (χ2v) is 4.60. The van der Waals surface area contributed by atoms with E-state index in [9.17, 15) is 0 Å². The van der Waals surface area contributed by atoms with Gasteiger partial charge in [-0.3, -0.25) is 0 Å². The fourth-order valence-corrected chi connectivity index (χ4v) is 1.87. The van der Waals surface area contributed by atoms with Crippen molar-refractivity contribution in [3.63, 3.8) is 0 Å². The number of nitrogens with zero attached hydrogens (tertiary/aromatic N) is 1. The van der Waals surface area contributed by atoms with Crippen LogP contribution in [0.25, 0.3) is 0 Å². The zero-order chi connectivity index (χ0) is 13.8. The summed E-state index contributed by atoms with van der Waals surface area (Å²) in [4.78, 5) is 0. The van der Waals surface area contributed by atoms with Crippen LogP contribution >= 0.6 is 0 Å². The maximum atomic E-state index is 8.68. The van der Waals surface area contributed by atoms with E-state index in [0.717, 1.165) is 31.6 Å². The van der Waals surface area contributed by atoms with Crippen molar-refractivity contribution in [1.82, 2.24) is 0 Å². The number of rotatable bonds is 10. The molecule has 0 atom stereocenters. The van der Waals surface area contributed by atoms with E-state index in [-0.39, 0.29) is 0 Å². The molecule has 0 aliphatic rings. The summed E-state index contributed by atoms with van der Waals surface area (Å²) >= 11 is 0. The van der Waals surface area contributed by atoms with Gasteiger partial charge < -0.3 is 10.1 Å². The van der Waals surface area contributed by atoms with Crippen LogP contribution in [0.2, 0.25) is 0 Å². The van der Waals surface area contributed by atoms with Gasteiger partial charge in [0.25, 0.3) is 0 Å². The second-order valence-electron chi connectivity index (χ2n) is 4.60. The quantitative estimate of drug-likeness (QED) is 0.502. The minimum atomic E-state index is 0.664. The Morgan fingerprint density at radius 3 is 2.26 bits per heavy atom. The van der Waals surface area contributed by atoms with Crippen molar-refractivity contribution in [1.29, 1.82) is 10.7 Å². The maximum absolute atomic E-state index is 8.68. The van der Waals surface area contributed by atoms with E-state index in [1.807, 2.05) is 12.1 Å². The Labute approximate surface area is 115 Å². The molecule has 0 aliphatic carbocycles. The summed E-state index contributed by atoms with van der Waals surface area (Å²) in [5.74, 6) is 0.838. The summed E-state index contributed by atoms with van der Waals surface area (Å²) in [5.41, 5.74) is 0.664. The molecule has 0 fully saturated rings. The average molecular weight is 258 g/mol. The molecule has 0 amide bonds. The molecule has 3 nitrogen and oxygen atoms in total. The van der Waals surface area contributed by atoms with Crippen molar-refractivity contribution in [2.24, 2.45) is 0 Å². The zero-order valence-electron chi connectivity index (χ0n) is 11.4. The normalized spacial score (nSPS) is 9.84. The van der Waals surface area contributed by atoms with Gasteiger partial charge in [-0.1, -0.05) is 25.7 Å². The fraction of sp³-hybridized carbons (Fsp3) is 0.500. The first-order valence-electron chi connectivity index (χ1n) is 6.98. The molecule has 0 aromatic heterocycles. The van der Waals surface area contributed by atoms with Gasteiger partial charge in [0.05, 0.1) is 18.2 Å². The van der Waals surface area contributed by atoms with Gasteiger partial charge in [0.1, 0.15) is 5.75 Å². The fourth-order valence-electron chi connectivity index (χ4n) is 1.87. The molecule has 1 N–H and O–H groups in total. The number of unbranched alkanes of at least 4 members (excludes halogenated alkanes) is 6. The van der Waals surface area contributed by atoms with E-state index >= 15 is 0 Å². The molecule has 1 aromatic carbocycles. The lowest BCUT2D eigenvalue weighted by atomic mass is 10.1. The van der Waals surface area contributed by atoms with Gasteiger partial charge in [0.2, 0.25) is 0 Å². The molecule has 0 saturated heterocycles. The Balaban J connectivity index is 1.98. The number of hydrogen-bond acceptors (Lipinski definition) is 3. The molecule has 0 aliphatic heterocycles. The topological polar surface area (TPSA) is 56.9 Å². The van der Waals surface area contributed by atoms with Gasteiger partial charge in [-0.25, -0.2) is 0 Å². The number of nitriles is 1. The van der Waals surface area contributed by atoms with E-state index in [4.69, 9.17) is 15.4 Å². The average Bonchev–Trinajstić information content (AvgIpc) is 2.46. The first kappa shape index (κ1) is 15.2. The highest BCUT2D eigenvalue weighted by molar-refractivity contribution is 5.52. The highest BCUT2D eigenvalue weighted by Crippen LogP contribution is 2.13. The van der Waals surface area contributed by atoms with Gasteiger partial charge in [-0.2, -0.15) is 5.26 Å². The second kappa shape index (κ2) is 10.1. The minimum Gasteiger partial charge on any atom is -0.494 e. The van der Waals surface area contributed by atoms with E-state index in [0.29, 0.717) is 5.56 Å². The van der Waals surface area contributed by atoms with Crippen LogP contribution in [0.4, 0.5) is 0 Å². The molecular formula is C16H22N2O. The highest BCUT2D eigenvalue weighted by Gasteiger charge is 1.95. The van der Waals surface area contributed by atoms with Crippen molar-refractivity contribution in [2.75, 3.05) is 6.61 Å². The molecular weight excluding hydrogens is 236 g/mol. The van der Waals surface area contributed by atoms with Crippen molar-refractivity contribution >= 4 is 6.21 Å². The van der Waals surface area contributed by atoms with E-state index < -0.39 is 0 Å². The summed E-state index contributed by atoms with van der Waals surface area (Å²) in [7, 11) is 0. The lowest BCUT2D eigenvalue weighted by Gasteiger charge is -2.06. The number of nitrogens with one attached hydrogen (secondary N) is 1. The van der Waals surface area contributed by atoms with Crippen LogP contribution in [0, 0.1) is 16.7 Å². The number of ether oxygens (including phenoxy) is 1. The van der Waals surface area contributed by atoms with Crippen LogP contribution in [0.1, 0.15) is 50.5 Å². The lowest BCUT2D eigenvalue weighted by molar-refractivity contribution is 0.304. The van der Waals surface area contributed by atoms with Gasteiger partial charge in [0.15, 0.2) is 0 Å². The molecule has 3 heteroatoms. The Bertz CT molecular complexity index is 392. The van der Waals surface area contributed by atoms with Crippen LogP contribution in [0.15, 0.2) is 24.3 Å². The largest absolute Gasteiger partial charge is 0.494 e. The van der Waals surface area contributed by atoms with Crippen LogP contribution in [-0.2, 0) is 0 Å². The third-order valence-corrected chi connectivity index (χ3v) is 2.99. The summed E-state index contributed by atoms with van der Waals surface area (Å²) < 4.78 is 5.61. The van der Waals surface area contributed by atoms with Crippen LogP contribution in [0.3, 0.4) is 0 Å². The summed E-state index contributed by atoms with van der Waals surface area (Å²) in [6, 6.07) is 9.33. The molecule has 19 heavy (non-hydrogen) atoms. The van der Waals surface area contributed by atoms with Crippen molar-refractivity contribution in [2.45, 2.75) is 44.9 Å². The maximum Gasteiger partial charge on any atom is 0.119 e.